The number of pyridine rings is 1. The fourth-order valence-electron chi connectivity index (χ4n) is 3.95. The lowest BCUT2D eigenvalue weighted by Crippen LogP contribution is -2.40. The second-order valence-corrected chi connectivity index (χ2v) is 10.5. The van der Waals surface area contributed by atoms with Crippen LogP contribution < -0.4 is 16.2 Å². The lowest BCUT2D eigenvalue weighted by atomic mass is 10.1. The summed E-state index contributed by atoms with van der Waals surface area (Å²) in [4.78, 5) is 40.4. The monoisotopic (exact) mass is 496 g/mol. The molecular formula is C24H24N4O6S. The van der Waals surface area contributed by atoms with Crippen LogP contribution in [0.2, 0.25) is 0 Å². The molecule has 1 aromatic heterocycles. The molecule has 182 valence electrons. The van der Waals surface area contributed by atoms with Crippen molar-refractivity contribution in [3.8, 4) is 0 Å². The van der Waals surface area contributed by atoms with Crippen LogP contribution in [0.4, 0.5) is 5.69 Å². The number of fused-ring (bicyclic) bond motifs is 1. The maximum atomic E-state index is 13.2. The van der Waals surface area contributed by atoms with Gasteiger partial charge in [0.2, 0.25) is 15.6 Å². The van der Waals surface area contributed by atoms with E-state index in [0.717, 1.165) is 18.9 Å². The van der Waals surface area contributed by atoms with Gasteiger partial charge < -0.3 is 20.4 Å². The van der Waals surface area contributed by atoms with Gasteiger partial charge in [-0.25, -0.2) is 8.42 Å². The number of carbonyl (C=O) groups excluding carboxylic acids is 2. The Kier molecular flexibility index (Phi) is 6.13. The van der Waals surface area contributed by atoms with Crippen LogP contribution in [-0.4, -0.2) is 61.9 Å². The van der Waals surface area contributed by atoms with Gasteiger partial charge in [-0.2, -0.15) is 4.31 Å². The smallest absolute Gasteiger partial charge is 0.256 e. The first kappa shape index (κ1) is 23.2. The highest BCUT2D eigenvalue weighted by Gasteiger charge is 2.27. The number of aromatic amines is 1. The quantitative estimate of drug-likeness (QED) is 0.475. The van der Waals surface area contributed by atoms with Crippen LogP contribution in [0.25, 0.3) is 10.9 Å². The lowest BCUT2D eigenvalue weighted by molar-refractivity contribution is 0.0730. The van der Waals surface area contributed by atoms with E-state index in [1.807, 2.05) is 0 Å². The van der Waals surface area contributed by atoms with E-state index in [-0.39, 0.29) is 35.5 Å². The Hall–Kier alpha value is -3.54. The van der Waals surface area contributed by atoms with Gasteiger partial charge in [0.1, 0.15) is 0 Å². The molecule has 0 spiro atoms. The third-order valence-corrected chi connectivity index (χ3v) is 7.86. The second kappa shape index (κ2) is 9.25. The number of anilines is 1. The van der Waals surface area contributed by atoms with Gasteiger partial charge in [-0.15, -0.1) is 0 Å². The van der Waals surface area contributed by atoms with Gasteiger partial charge in [-0.05, 0) is 49.2 Å². The van der Waals surface area contributed by atoms with Gasteiger partial charge >= 0.3 is 0 Å². The highest BCUT2D eigenvalue weighted by molar-refractivity contribution is 7.89. The minimum absolute atomic E-state index is 0.0201. The summed E-state index contributed by atoms with van der Waals surface area (Å²) in [6, 6.07) is 12.1. The van der Waals surface area contributed by atoms with E-state index in [0.29, 0.717) is 35.4 Å². The van der Waals surface area contributed by atoms with Gasteiger partial charge in [-0.3, -0.25) is 14.4 Å². The summed E-state index contributed by atoms with van der Waals surface area (Å²) < 4.78 is 32.8. The normalized spacial score (nSPS) is 16.7. The molecule has 2 amide bonds. The lowest BCUT2D eigenvalue weighted by Gasteiger charge is -2.26. The molecule has 2 aromatic carbocycles. The first-order chi connectivity index (χ1) is 16.8. The standard InChI is InChI=1S/C24H24N4O6S/c29-22-14-20(24(31)26-17-3-1-2-15(12-17)23(30)25-16-4-5-16)19-13-18(6-7-21(19)27-22)35(32,33)28-8-10-34-11-9-28/h1-3,6-7,12-14,16H,4-5,8-11H2,(H,25,30)(H,26,31)(H,27,29). The van der Waals surface area contributed by atoms with Crippen molar-refractivity contribution in [1.82, 2.24) is 14.6 Å². The highest BCUT2D eigenvalue weighted by atomic mass is 32.2. The maximum absolute atomic E-state index is 13.2. The predicted octanol–water partition coefficient (Wildman–Crippen LogP) is 1.69. The number of hydrogen-bond donors (Lipinski definition) is 3. The molecule has 1 saturated carbocycles. The summed E-state index contributed by atoms with van der Waals surface area (Å²) in [5.41, 5.74) is 0.647. The Bertz CT molecular complexity index is 1470. The van der Waals surface area contributed by atoms with Gasteiger partial charge in [0, 0.05) is 47.4 Å². The number of H-pyrrole nitrogens is 1. The molecule has 35 heavy (non-hydrogen) atoms. The van der Waals surface area contributed by atoms with Gasteiger partial charge in [0.15, 0.2) is 0 Å². The molecular weight excluding hydrogens is 472 g/mol. The third kappa shape index (κ3) is 4.97. The van der Waals surface area contributed by atoms with Crippen molar-refractivity contribution in [3.63, 3.8) is 0 Å². The van der Waals surface area contributed by atoms with Crippen molar-refractivity contribution in [2.75, 3.05) is 31.6 Å². The number of benzene rings is 2. The molecule has 0 bridgehead atoms. The number of nitrogens with one attached hydrogen (secondary N) is 3. The molecule has 0 radical (unpaired) electrons. The van der Waals surface area contributed by atoms with E-state index in [1.54, 1.807) is 24.3 Å². The summed E-state index contributed by atoms with van der Waals surface area (Å²) in [7, 11) is -3.80. The zero-order chi connectivity index (χ0) is 24.6. The summed E-state index contributed by atoms with van der Waals surface area (Å²) in [6.45, 7) is 1.10. The Balaban J connectivity index is 1.46. The number of hydrogen-bond acceptors (Lipinski definition) is 6. The molecule has 10 nitrogen and oxygen atoms in total. The molecule has 1 aliphatic carbocycles. The van der Waals surface area contributed by atoms with Crippen LogP contribution in [0.15, 0.2) is 58.2 Å². The van der Waals surface area contributed by atoms with Crippen LogP contribution in [0.5, 0.6) is 0 Å². The van der Waals surface area contributed by atoms with Crippen LogP contribution in [0.1, 0.15) is 33.6 Å². The van der Waals surface area contributed by atoms with Crippen LogP contribution in [0.3, 0.4) is 0 Å². The largest absolute Gasteiger partial charge is 0.379 e. The van der Waals surface area contributed by atoms with Crippen molar-refractivity contribution in [2.45, 2.75) is 23.8 Å². The van der Waals surface area contributed by atoms with Gasteiger partial charge in [0.25, 0.3) is 11.8 Å². The summed E-state index contributed by atoms with van der Waals surface area (Å²) in [5, 5.41) is 5.90. The molecule has 2 heterocycles. The predicted molar refractivity (Wildman–Crippen MR) is 129 cm³/mol. The Morgan fingerprint density at radius 2 is 1.77 bits per heavy atom. The zero-order valence-electron chi connectivity index (χ0n) is 18.7. The van der Waals surface area contributed by atoms with Crippen molar-refractivity contribution in [2.24, 2.45) is 0 Å². The van der Waals surface area contributed by atoms with Crippen LogP contribution in [-0.2, 0) is 14.8 Å². The van der Waals surface area contributed by atoms with Crippen molar-refractivity contribution in [3.05, 3.63) is 70.0 Å². The fraction of sp³-hybridized carbons (Fsp3) is 0.292. The Morgan fingerprint density at radius 3 is 2.51 bits per heavy atom. The maximum Gasteiger partial charge on any atom is 0.256 e. The SMILES string of the molecule is O=C(NC1CC1)c1cccc(NC(=O)c2cc(=O)[nH]c3ccc(S(=O)(=O)N4CCOCC4)cc23)c1. The Labute approximate surface area is 201 Å². The van der Waals surface area contributed by atoms with Gasteiger partial charge in [0.05, 0.1) is 23.7 Å². The average molecular weight is 497 g/mol. The number of carbonyl (C=O) groups is 2. The molecule has 0 atom stereocenters. The molecule has 11 heteroatoms. The summed E-state index contributed by atoms with van der Waals surface area (Å²) in [6.07, 6.45) is 1.92. The number of aromatic nitrogens is 1. The van der Waals surface area contributed by atoms with Gasteiger partial charge in [-0.1, -0.05) is 6.07 Å². The van der Waals surface area contributed by atoms with E-state index in [9.17, 15) is 22.8 Å². The number of rotatable bonds is 6. The minimum atomic E-state index is -3.80. The molecule has 0 unspecified atom stereocenters. The topological polar surface area (TPSA) is 138 Å². The van der Waals surface area contributed by atoms with E-state index >= 15 is 0 Å². The van der Waals surface area contributed by atoms with E-state index < -0.39 is 21.5 Å². The van der Waals surface area contributed by atoms with Crippen molar-refractivity contribution < 1.29 is 22.7 Å². The average Bonchev–Trinajstić information content (AvgIpc) is 3.68. The third-order valence-electron chi connectivity index (χ3n) is 5.96. The Morgan fingerprint density at radius 1 is 1.00 bits per heavy atom. The number of morpholine rings is 1. The van der Waals surface area contributed by atoms with E-state index in [1.165, 1.54) is 22.5 Å². The molecule has 3 N–H and O–H groups in total. The number of nitrogens with zero attached hydrogens (tertiary/aromatic N) is 1. The molecule has 1 aliphatic heterocycles. The molecule has 2 fully saturated rings. The first-order valence-electron chi connectivity index (χ1n) is 11.3. The molecule has 1 saturated heterocycles. The molecule has 5 rings (SSSR count). The van der Waals surface area contributed by atoms with E-state index in [4.69, 9.17) is 4.74 Å². The van der Waals surface area contributed by atoms with Crippen molar-refractivity contribution >= 4 is 38.4 Å². The van der Waals surface area contributed by atoms with Crippen LogP contribution in [0, 0.1) is 0 Å². The second-order valence-electron chi connectivity index (χ2n) is 8.55. The van der Waals surface area contributed by atoms with E-state index in [2.05, 4.69) is 15.6 Å². The number of sulfonamides is 1. The van der Waals surface area contributed by atoms with Crippen molar-refractivity contribution in [1.29, 1.82) is 0 Å². The molecule has 3 aromatic rings. The zero-order valence-corrected chi connectivity index (χ0v) is 19.6. The number of ether oxygens (including phenoxy) is 1. The fourth-order valence-corrected chi connectivity index (χ4v) is 5.38. The number of amides is 2. The summed E-state index contributed by atoms with van der Waals surface area (Å²) in [5.74, 6) is -0.815. The molecule has 2 aliphatic rings. The minimum Gasteiger partial charge on any atom is -0.379 e. The van der Waals surface area contributed by atoms with Crippen LogP contribution >= 0.6 is 0 Å². The summed E-state index contributed by atoms with van der Waals surface area (Å²) >= 11 is 0. The first-order valence-corrected chi connectivity index (χ1v) is 12.7. The highest BCUT2D eigenvalue weighted by Crippen LogP contribution is 2.25.